The van der Waals surface area contributed by atoms with Gasteiger partial charge in [-0.1, -0.05) is 27.7 Å². The van der Waals surface area contributed by atoms with Crippen molar-refractivity contribution in [2.45, 2.75) is 25.2 Å². The number of thioether (sulfide) groups is 1. The number of halogens is 2. The van der Waals surface area contributed by atoms with E-state index in [1.165, 1.54) is 30.5 Å². The van der Waals surface area contributed by atoms with Crippen molar-refractivity contribution in [2.75, 3.05) is 11.2 Å². The van der Waals surface area contributed by atoms with Gasteiger partial charge < -0.3 is 9.47 Å². The number of esters is 1. The number of anilines is 1. The van der Waals surface area contributed by atoms with Crippen molar-refractivity contribution in [1.82, 2.24) is 15.2 Å². The Morgan fingerprint density at radius 2 is 1.91 bits per heavy atom. The minimum absolute atomic E-state index is 0.232. The Morgan fingerprint density at radius 1 is 1.12 bits per heavy atom. The van der Waals surface area contributed by atoms with Gasteiger partial charge >= 0.3 is 5.97 Å². The zero-order valence-electron chi connectivity index (χ0n) is 17.1. The smallest absolute Gasteiger partial charge is 0.308 e. The Bertz CT molecular complexity index is 1240. The summed E-state index contributed by atoms with van der Waals surface area (Å²) < 4.78 is 12.8. The van der Waals surface area contributed by atoms with Gasteiger partial charge in [-0.2, -0.15) is 4.98 Å². The minimum atomic E-state index is -0.845. The van der Waals surface area contributed by atoms with Gasteiger partial charge in [-0.3, -0.25) is 14.5 Å². The molecule has 164 valence electrons. The molecule has 11 heteroatoms. The van der Waals surface area contributed by atoms with Gasteiger partial charge in [0.15, 0.2) is 5.69 Å². The highest BCUT2D eigenvalue weighted by atomic mass is 79.9. The summed E-state index contributed by atoms with van der Waals surface area (Å²) in [6, 6.07) is 10.6. The number of hydrogen-bond acceptors (Lipinski definition) is 8. The van der Waals surface area contributed by atoms with Crippen molar-refractivity contribution in [3.63, 3.8) is 0 Å². The molecule has 1 amide bonds. The van der Waals surface area contributed by atoms with Crippen LogP contribution in [0.5, 0.6) is 11.6 Å². The molecule has 0 unspecified atom stereocenters. The molecule has 4 rings (SSSR count). The number of carbonyl (C=O) groups is 2. The molecule has 0 N–H and O–H groups in total. The standard InChI is InChI=1S/C21H16Br2N4O4S/c1-10(28)27-16-6-5-13(22)9-14(16)18-19(24-21(32-3)26-25-18)31-20(27)12-4-7-17(15(23)8-12)30-11(2)29/h4-9,20H,1-3H3/t20-/m0/s1. The SMILES string of the molecule is CSc1nnc2c(n1)O[C@@H](c1ccc(OC(C)=O)c(Br)c1)N(C(C)=O)c1ccc(Br)cc1-2. The van der Waals surface area contributed by atoms with Gasteiger partial charge in [0.2, 0.25) is 23.2 Å². The molecule has 2 heterocycles. The Labute approximate surface area is 205 Å². The van der Waals surface area contributed by atoms with Crippen LogP contribution in [-0.2, 0) is 9.59 Å². The lowest BCUT2D eigenvalue weighted by atomic mass is 10.1. The molecule has 0 fully saturated rings. The lowest BCUT2D eigenvalue weighted by molar-refractivity contribution is -0.132. The lowest BCUT2D eigenvalue weighted by Crippen LogP contribution is -2.36. The van der Waals surface area contributed by atoms with Gasteiger partial charge in [0.1, 0.15) is 5.75 Å². The van der Waals surface area contributed by atoms with Crippen molar-refractivity contribution in [3.8, 4) is 22.9 Å². The molecule has 2 aromatic carbocycles. The third kappa shape index (κ3) is 4.37. The summed E-state index contributed by atoms with van der Waals surface area (Å²) in [5, 5.41) is 8.93. The lowest BCUT2D eigenvalue weighted by Gasteiger charge is -2.30. The Balaban J connectivity index is 1.92. The maximum absolute atomic E-state index is 12.8. The third-order valence-electron chi connectivity index (χ3n) is 4.58. The second-order valence-electron chi connectivity index (χ2n) is 6.76. The maximum atomic E-state index is 12.8. The number of aromatic nitrogens is 3. The van der Waals surface area contributed by atoms with Crippen LogP contribution >= 0.6 is 43.6 Å². The number of amides is 1. The summed E-state index contributed by atoms with van der Waals surface area (Å²) >= 11 is 8.25. The summed E-state index contributed by atoms with van der Waals surface area (Å²) in [7, 11) is 0. The first-order valence-corrected chi connectivity index (χ1v) is 12.1. The van der Waals surface area contributed by atoms with E-state index < -0.39 is 12.2 Å². The van der Waals surface area contributed by atoms with Gasteiger partial charge in [0.25, 0.3) is 0 Å². The molecule has 8 nitrogen and oxygen atoms in total. The van der Waals surface area contributed by atoms with Crippen molar-refractivity contribution in [1.29, 1.82) is 0 Å². The molecule has 0 aliphatic carbocycles. The van der Waals surface area contributed by atoms with E-state index in [-0.39, 0.29) is 11.8 Å². The highest BCUT2D eigenvalue weighted by Crippen LogP contribution is 2.45. The number of ether oxygens (including phenoxy) is 2. The number of carbonyl (C=O) groups excluding carboxylic acids is 2. The summed E-state index contributed by atoms with van der Waals surface area (Å²) in [4.78, 5) is 30.2. The van der Waals surface area contributed by atoms with Crippen LogP contribution in [0.2, 0.25) is 0 Å². The van der Waals surface area contributed by atoms with Gasteiger partial charge in [0.05, 0.1) is 10.2 Å². The van der Waals surface area contributed by atoms with Crippen LogP contribution in [0.1, 0.15) is 25.6 Å². The van der Waals surface area contributed by atoms with Crippen molar-refractivity contribution >= 4 is 61.2 Å². The second kappa shape index (κ2) is 9.16. The van der Waals surface area contributed by atoms with E-state index in [0.29, 0.717) is 37.9 Å². The van der Waals surface area contributed by atoms with Crippen LogP contribution in [0.15, 0.2) is 50.5 Å². The molecule has 0 spiro atoms. The quantitative estimate of drug-likeness (QED) is 0.239. The van der Waals surface area contributed by atoms with Crippen molar-refractivity contribution in [2.24, 2.45) is 0 Å². The molecule has 32 heavy (non-hydrogen) atoms. The predicted octanol–water partition coefficient (Wildman–Crippen LogP) is 5.15. The van der Waals surface area contributed by atoms with Gasteiger partial charge in [-0.25, -0.2) is 0 Å². The molecule has 0 saturated heterocycles. The first-order valence-electron chi connectivity index (χ1n) is 9.31. The van der Waals surface area contributed by atoms with Gasteiger partial charge in [0, 0.05) is 29.4 Å². The number of nitrogens with zero attached hydrogens (tertiary/aromatic N) is 4. The molecule has 0 bridgehead atoms. The van der Waals surface area contributed by atoms with E-state index in [0.717, 1.165) is 4.47 Å². The van der Waals surface area contributed by atoms with Gasteiger partial charge in [-0.15, -0.1) is 10.2 Å². The summed E-state index contributed by atoms with van der Waals surface area (Å²) in [6.45, 7) is 2.79. The molecular formula is C21H16Br2N4O4S. The van der Waals surface area contributed by atoms with E-state index in [1.807, 2.05) is 24.5 Å². The summed E-state index contributed by atoms with van der Waals surface area (Å²) in [5.74, 6) is -0.0415. The van der Waals surface area contributed by atoms with E-state index >= 15 is 0 Å². The molecule has 1 atom stereocenters. The molecule has 1 aromatic heterocycles. The normalized spacial score (nSPS) is 14.7. The van der Waals surface area contributed by atoms with E-state index in [1.54, 1.807) is 18.2 Å². The number of hydrogen-bond donors (Lipinski definition) is 0. The first kappa shape index (κ1) is 22.7. The van der Waals surface area contributed by atoms with Crippen molar-refractivity contribution in [3.05, 3.63) is 50.9 Å². The highest BCUT2D eigenvalue weighted by Gasteiger charge is 2.35. The van der Waals surface area contributed by atoms with Crippen LogP contribution < -0.4 is 14.4 Å². The molecule has 1 aliphatic rings. The molecular weight excluding hydrogens is 564 g/mol. The number of fused-ring (bicyclic) bond motifs is 3. The fraction of sp³-hybridized carbons (Fsp3) is 0.190. The molecule has 1 aliphatic heterocycles. The van der Waals surface area contributed by atoms with E-state index in [4.69, 9.17) is 9.47 Å². The topological polar surface area (TPSA) is 94.5 Å². The second-order valence-corrected chi connectivity index (χ2v) is 9.30. The summed E-state index contributed by atoms with van der Waals surface area (Å²) in [5.41, 5.74) is 2.35. The molecule has 0 radical (unpaired) electrons. The van der Waals surface area contributed by atoms with Crippen LogP contribution in [0.4, 0.5) is 5.69 Å². The number of rotatable bonds is 3. The molecule has 0 saturated carbocycles. The monoisotopic (exact) mass is 578 g/mol. The Morgan fingerprint density at radius 3 is 2.56 bits per heavy atom. The highest BCUT2D eigenvalue weighted by molar-refractivity contribution is 9.10. The average Bonchev–Trinajstić information content (AvgIpc) is 2.88. The first-order chi connectivity index (χ1) is 15.3. The zero-order chi connectivity index (χ0) is 23.0. The Hall–Kier alpha value is -2.50. The summed E-state index contributed by atoms with van der Waals surface area (Å²) in [6.07, 6.45) is 0.997. The van der Waals surface area contributed by atoms with Crippen LogP contribution in [0, 0.1) is 0 Å². The van der Waals surface area contributed by atoms with E-state index in [9.17, 15) is 9.59 Å². The fourth-order valence-electron chi connectivity index (χ4n) is 3.29. The van der Waals surface area contributed by atoms with Crippen LogP contribution in [0.3, 0.4) is 0 Å². The predicted molar refractivity (Wildman–Crippen MR) is 127 cm³/mol. The van der Waals surface area contributed by atoms with Crippen LogP contribution in [0.25, 0.3) is 11.3 Å². The van der Waals surface area contributed by atoms with Gasteiger partial charge in [-0.05, 0) is 58.6 Å². The fourth-order valence-corrected chi connectivity index (χ4v) is 4.42. The largest absolute Gasteiger partial charge is 0.447 e. The molecule has 3 aromatic rings. The average molecular weight is 580 g/mol. The zero-order valence-corrected chi connectivity index (χ0v) is 21.1. The Kier molecular flexibility index (Phi) is 6.50. The third-order valence-corrected chi connectivity index (χ3v) is 6.23. The number of benzene rings is 2. The van der Waals surface area contributed by atoms with E-state index in [2.05, 4.69) is 47.0 Å². The maximum Gasteiger partial charge on any atom is 0.308 e. The van der Waals surface area contributed by atoms with Crippen molar-refractivity contribution < 1.29 is 19.1 Å². The van der Waals surface area contributed by atoms with Crippen LogP contribution in [-0.4, -0.2) is 33.3 Å². The minimum Gasteiger partial charge on any atom is -0.447 e.